The summed E-state index contributed by atoms with van der Waals surface area (Å²) >= 11 is 1.13. The largest absolute Gasteiger partial charge is 0.351 e. The van der Waals surface area contributed by atoms with E-state index in [9.17, 15) is 13.6 Å². The molecule has 0 spiro atoms. The van der Waals surface area contributed by atoms with Crippen molar-refractivity contribution >= 4 is 17.7 Å². The summed E-state index contributed by atoms with van der Waals surface area (Å²) in [5.74, 6) is -0.772. The van der Waals surface area contributed by atoms with Crippen LogP contribution in [0.4, 0.5) is 8.78 Å². The van der Waals surface area contributed by atoms with Gasteiger partial charge in [0.15, 0.2) is 0 Å². The normalized spacial score (nSPS) is 10.3. The minimum Gasteiger partial charge on any atom is -0.351 e. The van der Waals surface area contributed by atoms with E-state index in [2.05, 4.69) is 5.32 Å². The van der Waals surface area contributed by atoms with Crippen LogP contribution in [0.2, 0.25) is 0 Å². The van der Waals surface area contributed by atoms with Crippen molar-refractivity contribution in [3.8, 4) is 0 Å². The van der Waals surface area contributed by atoms with E-state index in [4.69, 9.17) is 0 Å². The Morgan fingerprint density at radius 2 is 1.90 bits per heavy atom. The van der Waals surface area contributed by atoms with E-state index in [1.54, 1.807) is 30.3 Å². The molecule has 1 amide bonds. The van der Waals surface area contributed by atoms with Crippen molar-refractivity contribution in [2.45, 2.75) is 11.4 Å². The molecule has 0 aliphatic rings. The molecule has 2 aromatic carbocycles. The van der Waals surface area contributed by atoms with E-state index in [-0.39, 0.29) is 29.8 Å². The fraction of sp³-hybridized carbons (Fsp3) is 0.133. The second-order valence-electron chi connectivity index (χ2n) is 4.13. The molecule has 2 aromatic rings. The Hall–Kier alpha value is -1.88. The molecule has 20 heavy (non-hydrogen) atoms. The van der Waals surface area contributed by atoms with Gasteiger partial charge in [-0.25, -0.2) is 8.78 Å². The SMILES string of the molecule is O=C(CSc1ccccc1F)NCc1cccc(F)c1. The molecule has 0 unspecified atom stereocenters. The average molecular weight is 293 g/mol. The Morgan fingerprint density at radius 1 is 1.10 bits per heavy atom. The number of benzene rings is 2. The molecule has 104 valence electrons. The van der Waals surface area contributed by atoms with Gasteiger partial charge in [-0.15, -0.1) is 11.8 Å². The van der Waals surface area contributed by atoms with E-state index < -0.39 is 0 Å². The van der Waals surface area contributed by atoms with Crippen molar-refractivity contribution in [2.24, 2.45) is 0 Å². The first kappa shape index (κ1) is 14.5. The maximum absolute atomic E-state index is 13.3. The number of carbonyl (C=O) groups excluding carboxylic acids is 1. The Balaban J connectivity index is 1.80. The van der Waals surface area contributed by atoms with Crippen LogP contribution in [-0.2, 0) is 11.3 Å². The number of hydrogen-bond acceptors (Lipinski definition) is 2. The molecule has 0 fully saturated rings. The molecule has 0 heterocycles. The van der Waals surface area contributed by atoms with Crippen molar-refractivity contribution < 1.29 is 13.6 Å². The van der Waals surface area contributed by atoms with Gasteiger partial charge in [0.25, 0.3) is 0 Å². The second kappa shape index (κ2) is 7.05. The molecule has 0 saturated heterocycles. The van der Waals surface area contributed by atoms with Gasteiger partial charge < -0.3 is 5.32 Å². The first-order valence-electron chi connectivity index (χ1n) is 6.03. The third-order valence-electron chi connectivity index (χ3n) is 2.57. The molecule has 0 aromatic heterocycles. The van der Waals surface area contributed by atoms with Gasteiger partial charge >= 0.3 is 0 Å². The number of rotatable bonds is 5. The summed E-state index contributed by atoms with van der Waals surface area (Å²) in [5.41, 5.74) is 0.689. The van der Waals surface area contributed by atoms with Crippen LogP contribution in [0.25, 0.3) is 0 Å². The van der Waals surface area contributed by atoms with Gasteiger partial charge in [-0.05, 0) is 29.8 Å². The highest BCUT2D eigenvalue weighted by Crippen LogP contribution is 2.20. The first-order valence-corrected chi connectivity index (χ1v) is 7.02. The molecule has 0 atom stereocenters. The van der Waals surface area contributed by atoms with Crippen LogP contribution >= 0.6 is 11.8 Å². The molecule has 0 saturated carbocycles. The predicted molar refractivity (Wildman–Crippen MR) is 75.4 cm³/mol. The average Bonchev–Trinajstić information content (AvgIpc) is 2.44. The zero-order valence-corrected chi connectivity index (χ0v) is 11.4. The van der Waals surface area contributed by atoms with Gasteiger partial charge in [0.2, 0.25) is 5.91 Å². The lowest BCUT2D eigenvalue weighted by molar-refractivity contribution is -0.118. The number of halogens is 2. The standard InChI is InChI=1S/C15H13F2NOS/c16-12-5-3-4-11(8-12)9-18-15(19)10-20-14-7-2-1-6-13(14)17/h1-8H,9-10H2,(H,18,19). The lowest BCUT2D eigenvalue weighted by Gasteiger charge is -2.06. The monoisotopic (exact) mass is 293 g/mol. The second-order valence-corrected chi connectivity index (χ2v) is 5.14. The fourth-order valence-electron chi connectivity index (χ4n) is 1.60. The number of thioether (sulfide) groups is 1. The van der Waals surface area contributed by atoms with Crippen molar-refractivity contribution in [2.75, 3.05) is 5.75 Å². The smallest absolute Gasteiger partial charge is 0.230 e. The molecule has 0 aliphatic heterocycles. The Bertz CT molecular complexity index is 604. The summed E-state index contributed by atoms with van der Waals surface area (Å²) in [4.78, 5) is 12.1. The van der Waals surface area contributed by atoms with Gasteiger partial charge in [0.1, 0.15) is 11.6 Å². The van der Waals surface area contributed by atoms with E-state index in [1.807, 2.05) is 0 Å². The molecular formula is C15H13F2NOS. The van der Waals surface area contributed by atoms with Crippen LogP contribution in [0.5, 0.6) is 0 Å². The van der Waals surface area contributed by atoms with Gasteiger partial charge in [-0.3, -0.25) is 4.79 Å². The van der Waals surface area contributed by atoms with Crippen LogP contribution in [0.3, 0.4) is 0 Å². The van der Waals surface area contributed by atoms with Crippen LogP contribution in [0.1, 0.15) is 5.56 Å². The Morgan fingerprint density at radius 3 is 2.65 bits per heavy atom. The van der Waals surface area contributed by atoms with E-state index in [0.717, 1.165) is 11.8 Å². The van der Waals surface area contributed by atoms with Crippen LogP contribution in [0.15, 0.2) is 53.4 Å². The van der Waals surface area contributed by atoms with Crippen LogP contribution in [0, 0.1) is 11.6 Å². The molecule has 0 bridgehead atoms. The summed E-state index contributed by atoms with van der Waals surface area (Å²) in [6.45, 7) is 0.258. The maximum atomic E-state index is 13.3. The van der Waals surface area contributed by atoms with Crippen molar-refractivity contribution in [1.29, 1.82) is 0 Å². The molecular weight excluding hydrogens is 280 g/mol. The highest BCUT2D eigenvalue weighted by Gasteiger charge is 2.06. The number of carbonyl (C=O) groups is 1. The lowest BCUT2D eigenvalue weighted by atomic mass is 10.2. The highest BCUT2D eigenvalue weighted by atomic mass is 32.2. The molecule has 1 N–H and O–H groups in total. The number of nitrogens with one attached hydrogen (secondary N) is 1. The molecule has 0 radical (unpaired) electrons. The fourth-order valence-corrected chi connectivity index (χ4v) is 2.37. The van der Waals surface area contributed by atoms with Crippen LogP contribution in [-0.4, -0.2) is 11.7 Å². The lowest BCUT2D eigenvalue weighted by Crippen LogP contribution is -2.24. The summed E-state index contributed by atoms with van der Waals surface area (Å²) in [7, 11) is 0. The van der Waals surface area contributed by atoms with Gasteiger partial charge in [-0.1, -0.05) is 24.3 Å². The van der Waals surface area contributed by atoms with E-state index >= 15 is 0 Å². The summed E-state index contributed by atoms with van der Waals surface area (Å²) in [5, 5.41) is 2.67. The predicted octanol–water partition coefficient (Wildman–Crippen LogP) is 3.37. The minimum atomic E-state index is -0.338. The summed E-state index contributed by atoms with van der Waals surface area (Å²) < 4.78 is 26.3. The van der Waals surface area contributed by atoms with E-state index in [1.165, 1.54) is 18.2 Å². The van der Waals surface area contributed by atoms with Crippen molar-refractivity contribution in [3.63, 3.8) is 0 Å². The zero-order valence-electron chi connectivity index (χ0n) is 10.6. The van der Waals surface area contributed by atoms with Crippen molar-refractivity contribution in [3.05, 3.63) is 65.7 Å². The summed E-state index contributed by atoms with van der Waals surface area (Å²) in [6, 6.07) is 12.3. The quantitative estimate of drug-likeness (QED) is 0.856. The number of hydrogen-bond donors (Lipinski definition) is 1. The molecule has 2 nitrogen and oxygen atoms in total. The third kappa shape index (κ3) is 4.35. The molecule has 2 rings (SSSR count). The van der Waals surface area contributed by atoms with Crippen LogP contribution < -0.4 is 5.32 Å². The number of amides is 1. The Kier molecular flexibility index (Phi) is 5.12. The zero-order chi connectivity index (χ0) is 14.4. The summed E-state index contributed by atoms with van der Waals surface area (Å²) in [6.07, 6.45) is 0. The maximum Gasteiger partial charge on any atom is 0.230 e. The topological polar surface area (TPSA) is 29.1 Å². The first-order chi connectivity index (χ1) is 9.65. The van der Waals surface area contributed by atoms with Gasteiger partial charge in [0.05, 0.1) is 5.75 Å². The molecule has 5 heteroatoms. The minimum absolute atomic E-state index is 0.121. The van der Waals surface area contributed by atoms with E-state index in [0.29, 0.717) is 10.5 Å². The Labute approximate surface area is 120 Å². The third-order valence-corrected chi connectivity index (χ3v) is 3.62. The van der Waals surface area contributed by atoms with Gasteiger partial charge in [0, 0.05) is 11.4 Å². The molecule has 0 aliphatic carbocycles. The van der Waals surface area contributed by atoms with Gasteiger partial charge in [-0.2, -0.15) is 0 Å². The van der Waals surface area contributed by atoms with Crippen molar-refractivity contribution in [1.82, 2.24) is 5.32 Å². The highest BCUT2D eigenvalue weighted by molar-refractivity contribution is 8.00.